The zero-order valence-corrected chi connectivity index (χ0v) is 11.1. The fraction of sp³-hybridized carbons (Fsp3) is 0.357. The van der Waals surface area contributed by atoms with Gasteiger partial charge in [0, 0.05) is 17.7 Å². The molecule has 0 heterocycles. The van der Waals surface area contributed by atoms with E-state index in [1.807, 2.05) is 19.1 Å². The second-order valence-corrected chi connectivity index (χ2v) is 3.85. The molecule has 0 spiro atoms. The summed E-state index contributed by atoms with van der Waals surface area (Å²) in [5, 5.41) is 2.74. The number of benzene rings is 1. The molecule has 98 valence electrons. The van der Waals surface area contributed by atoms with E-state index in [2.05, 4.69) is 11.9 Å². The van der Waals surface area contributed by atoms with Crippen molar-refractivity contribution >= 4 is 5.91 Å². The maximum absolute atomic E-state index is 11.7. The average Bonchev–Trinajstić information content (AvgIpc) is 2.37. The molecule has 1 aromatic carbocycles. The molecule has 0 bridgehead atoms. The minimum atomic E-state index is -0.0576. The van der Waals surface area contributed by atoms with Gasteiger partial charge < -0.3 is 14.8 Å². The number of carbonyl (C=O) groups is 1. The van der Waals surface area contributed by atoms with Crippen molar-refractivity contribution in [3.63, 3.8) is 0 Å². The second kappa shape index (κ2) is 6.69. The zero-order valence-electron chi connectivity index (χ0n) is 11.1. The van der Waals surface area contributed by atoms with E-state index in [4.69, 9.17) is 9.47 Å². The number of nitrogens with one attached hydrogen (secondary N) is 1. The Kier molecular flexibility index (Phi) is 5.24. The quantitative estimate of drug-likeness (QED) is 0.783. The third kappa shape index (κ3) is 3.26. The molecule has 18 heavy (non-hydrogen) atoms. The molecule has 1 aromatic rings. The van der Waals surface area contributed by atoms with Gasteiger partial charge in [-0.2, -0.15) is 0 Å². The fourth-order valence-corrected chi connectivity index (χ4v) is 1.80. The second-order valence-electron chi connectivity index (χ2n) is 3.85. The largest absolute Gasteiger partial charge is 0.496 e. The smallest absolute Gasteiger partial charge is 0.224 e. The molecule has 1 N–H and O–H groups in total. The summed E-state index contributed by atoms with van der Waals surface area (Å²) in [5.74, 6) is 1.39. The molecule has 1 rings (SSSR count). The first kappa shape index (κ1) is 14.1. The lowest BCUT2D eigenvalue weighted by molar-refractivity contribution is -0.120. The Balaban J connectivity index is 2.92. The van der Waals surface area contributed by atoms with Gasteiger partial charge in [0.1, 0.15) is 11.5 Å². The standard InChI is InChI=1S/C14H19NO3/c1-5-8-15-13(16)9-11-6-7-12(17-3)10(2)14(11)18-4/h5-7H,1,8-9H2,2-4H3,(H,15,16). The number of ether oxygens (including phenoxy) is 2. The van der Waals surface area contributed by atoms with Crippen LogP contribution in [0.25, 0.3) is 0 Å². The first-order valence-corrected chi connectivity index (χ1v) is 5.72. The maximum Gasteiger partial charge on any atom is 0.224 e. The summed E-state index contributed by atoms with van der Waals surface area (Å²) in [6.07, 6.45) is 1.93. The van der Waals surface area contributed by atoms with Gasteiger partial charge >= 0.3 is 0 Å². The first-order valence-electron chi connectivity index (χ1n) is 5.72. The zero-order chi connectivity index (χ0) is 13.5. The van der Waals surface area contributed by atoms with Crippen molar-refractivity contribution in [2.24, 2.45) is 0 Å². The van der Waals surface area contributed by atoms with Crippen LogP contribution in [0.15, 0.2) is 24.8 Å². The van der Waals surface area contributed by atoms with E-state index in [9.17, 15) is 4.79 Å². The van der Waals surface area contributed by atoms with Crippen LogP contribution in [0.5, 0.6) is 11.5 Å². The van der Waals surface area contributed by atoms with E-state index in [0.717, 1.165) is 16.9 Å². The highest BCUT2D eigenvalue weighted by Crippen LogP contribution is 2.31. The van der Waals surface area contributed by atoms with Crippen molar-refractivity contribution in [1.82, 2.24) is 5.32 Å². The SMILES string of the molecule is C=CCNC(=O)Cc1ccc(OC)c(C)c1OC. The lowest BCUT2D eigenvalue weighted by atomic mass is 10.1. The average molecular weight is 249 g/mol. The van der Waals surface area contributed by atoms with Gasteiger partial charge in [-0.3, -0.25) is 4.79 Å². The van der Waals surface area contributed by atoms with Crippen LogP contribution in [0, 0.1) is 6.92 Å². The number of rotatable bonds is 6. The van der Waals surface area contributed by atoms with Gasteiger partial charge in [0.15, 0.2) is 0 Å². The molecule has 0 radical (unpaired) electrons. The van der Waals surface area contributed by atoms with E-state index in [0.29, 0.717) is 12.3 Å². The van der Waals surface area contributed by atoms with E-state index < -0.39 is 0 Å². The van der Waals surface area contributed by atoms with Crippen LogP contribution < -0.4 is 14.8 Å². The van der Waals surface area contributed by atoms with Crippen LogP contribution in [0.4, 0.5) is 0 Å². The normalized spacial score (nSPS) is 9.72. The van der Waals surface area contributed by atoms with Crippen LogP contribution in [0.2, 0.25) is 0 Å². The van der Waals surface area contributed by atoms with Gasteiger partial charge in [-0.1, -0.05) is 12.1 Å². The number of hydrogen-bond donors (Lipinski definition) is 1. The number of carbonyl (C=O) groups excluding carboxylic acids is 1. The molecule has 4 heteroatoms. The third-order valence-electron chi connectivity index (χ3n) is 2.66. The van der Waals surface area contributed by atoms with Crippen molar-refractivity contribution < 1.29 is 14.3 Å². The van der Waals surface area contributed by atoms with Crippen molar-refractivity contribution in [2.75, 3.05) is 20.8 Å². The van der Waals surface area contributed by atoms with Gasteiger partial charge in [0.2, 0.25) is 5.91 Å². The van der Waals surface area contributed by atoms with Crippen LogP contribution >= 0.6 is 0 Å². The summed E-state index contributed by atoms with van der Waals surface area (Å²) in [6, 6.07) is 3.69. The molecule has 0 aliphatic rings. The maximum atomic E-state index is 11.7. The molecule has 0 atom stereocenters. The van der Waals surface area contributed by atoms with E-state index in [1.54, 1.807) is 20.3 Å². The Morgan fingerprint density at radius 3 is 2.67 bits per heavy atom. The van der Waals surface area contributed by atoms with Gasteiger partial charge in [0.05, 0.1) is 20.6 Å². The molecule has 1 amide bonds. The lowest BCUT2D eigenvalue weighted by Gasteiger charge is -2.14. The number of methoxy groups -OCH3 is 2. The topological polar surface area (TPSA) is 47.6 Å². The predicted octanol–water partition coefficient (Wildman–Crippen LogP) is 1.86. The van der Waals surface area contributed by atoms with E-state index in [1.165, 1.54) is 0 Å². The summed E-state index contributed by atoms with van der Waals surface area (Å²) in [6.45, 7) is 5.93. The van der Waals surface area contributed by atoms with Crippen LogP contribution in [-0.4, -0.2) is 26.7 Å². The highest BCUT2D eigenvalue weighted by Gasteiger charge is 2.13. The monoisotopic (exact) mass is 249 g/mol. The number of amides is 1. The molecule has 0 aliphatic carbocycles. The Morgan fingerprint density at radius 2 is 2.11 bits per heavy atom. The summed E-state index contributed by atoms with van der Waals surface area (Å²) < 4.78 is 10.6. The first-order chi connectivity index (χ1) is 8.63. The molecule has 0 fully saturated rings. The van der Waals surface area contributed by atoms with Crippen molar-refractivity contribution in [2.45, 2.75) is 13.3 Å². The highest BCUT2D eigenvalue weighted by molar-refractivity contribution is 5.79. The Hall–Kier alpha value is -1.97. The third-order valence-corrected chi connectivity index (χ3v) is 2.66. The Morgan fingerprint density at radius 1 is 1.39 bits per heavy atom. The molecule has 0 unspecified atom stereocenters. The van der Waals surface area contributed by atoms with Crippen molar-refractivity contribution in [3.05, 3.63) is 35.9 Å². The summed E-state index contributed by atoms with van der Waals surface area (Å²) in [4.78, 5) is 11.7. The minimum Gasteiger partial charge on any atom is -0.496 e. The van der Waals surface area contributed by atoms with Gasteiger partial charge in [-0.15, -0.1) is 6.58 Å². The van der Waals surface area contributed by atoms with Crippen molar-refractivity contribution in [1.29, 1.82) is 0 Å². The summed E-state index contributed by atoms with van der Waals surface area (Å²) in [7, 11) is 3.20. The van der Waals surface area contributed by atoms with Crippen LogP contribution in [0.1, 0.15) is 11.1 Å². The Bertz CT molecular complexity index is 441. The molecule has 0 aliphatic heterocycles. The minimum absolute atomic E-state index is 0.0576. The number of hydrogen-bond acceptors (Lipinski definition) is 3. The van der Waals surface area contributed by atoms with Crippen LogP contribution in [-0.2, 0) is 11.2 Å². The van der Waals surface area contributed by atoms with Gasteiger partial charge in [0.25, 0.3) is 0 Å². The summed E-state index contributed by atoms with van der Waals surface area (Å²) >= 11 is 0. The van der Waals surface area contributed by atoms with Crippen molar-refractivity contribution in [3.8, 4) is 11.5 Å². The van der Waals surface area contributed by atoms with E-state index >= 15 is 0 Å². The Labute approximate surface area is 108 Å². The fourth-order valence-electron chi connectivity index (χ4n) is 1.80. The van der Waals surface area contributed by atoms with Crippen LogP contribution in [0.3, 0.4) is 0 Å². The van der Waals surface area contributed by atoms with Gasteiger partial charge in [-0.25, -0.2) is 0 Å². The molecular formula is C14H19NO3. The molecule has 4 nitrogen and oxygen atoms in total. The molecule has 0 aromatic heterocycles. The molecule has 0 saturated carbocycles. The highest BCUT2D eigenvalue weighted by atomic mass is 16.5. The molecule has 0 saturated heterocycles. The molecular weight excluding hydrogens is 230 g/mol. The summed E-state index contributed by atoms with van der Waals surface area (Å²) in [5.41, 5.74) is 1.74. The predicted molar refractivity (Wildman–Crippen MR) is 71.2 cm³/mol. The van der Waals surface area contributed by atoms with Gasteiger partial charge in [-0.05, 0) is 13.0 Å². The van der Waals surface area contributed by atoms with E-state index in [-0.39, 0.29) is 12.3 Å². The lowest BCUT2D eigenvalue weighted by Crippen LogP contribution is -2.25.